The summed E-state index contributed by atoms with van der Waals surface area (Å²) in [6, 6.07) is 4.12. The van der Waals surface area contributed by atoms with Crippen molar-refractivity contribution in [2.24, 2.45) is 0 Å². The van der Waals surface area contributed by atoms with Gasteiger partial charge in [-0.25, -0.2) is 0 Å². The highest BCUT2D eigenvalue weighted by Gasteiger charge is 2.24. The van der Waals surface area contributed by atoms with Crippen LogP contribution in [0.25, 0.3) is 6.08 Å². The number of hydrogen-bond donors (Lipinski definition) is 0. The number of anilines is 1. The van der Waals surface area contributed by atoms with Gasteiger partial charge in [-0.15, -0.1) is 0 Å². The molecule has 0 spiro atoms. The minimum absolute atomic E-state index is 0.600. The van der Waals surface area contributed by atoms with Crippen LogP contribution < -0.4 is 14.4 Å². The fourth-order valence-electron chi connectivity index (χ4n) is 2.79. The van der Waals surface area contributed by atoms with Gasteiger partial charge in [0, 0.05) is 23.9 Å². The van der Waals surface area contributed by atoms with E-state index in [9.17, 15) is 0 Å². The Morgan fingerprint density at radius 1 is 1.24 bits per heavy atom. The topological polar surface area (TPSA) is 21.7 Å². The second-order valence-electron chi connectivity index (χ2n) is 5.57. The Morgan fingerprint density at radius 3 is 2.52 bits per heavy atom. The van der Waals surface area contributed by atoms with Crippen molar-refractivity contribution >= 4 is 11.8 Å². The number of allylic oxidation sites excluding steroid dienone is 1. The van der Waals surface area contributed by atoms with Gasteiger partial charge in [0.05, 0.1) is 5.69 Å². The molecule has 0 amide bonds. The molecule has 0 saturated heterocycles. The molecule has 3 rings (SSSR count). The molecule has 0 radical (unpaired) electrons. The van der Waals surface area contributed by atoms with Crippen molar-refractivity contribution in [3.63, 3.8) is 0 Å². The average Bonchev–Trinajstić information content (AvgIpc) is 2.48. The Kier molecular flexibility index (Phi) is 3.50. The summed E-state index contributed by atoms with van der Waals surface area (Å²) in [5, 5.41) is 0. The molecule has 2 aliphatic rings. The molecular weight excluding hydrogens is 262 g/mol. The lowest BCUT2D eigenvalue weighted by atomic mass is 9.97. The van der Waals surface area contributed by atoms with Crippen LogP contribution in [0.2, 0.25) is 0 Å². The van der Waals surface area contributed by atoms with Crippen LogP contribution in [0, 0.1) is 0 Å². The number of nitrogens with zero attached hydrogens (tertiary/aromatic N) is 1. The van der Waals surface area contributed by atoms with Crippen molar-refractivity contribution in [2.45, 2.75) is 20.3 Å². The fourth-order valence-corrected chi connectivity index (χ4v) is 2.79. The molecule has 0 aliphatic carbocycles. The third-order valence-electron chi connectivity index (χ3n) is 3.82. The molecule has 0 saturated carbocycles. The van der Waals surface area contributed by atoms with E-state index < -0.39 is 0 Å². The maximum Gasteiger partial charge on any atom is 0.163 e. The summed E-state index contributed by atoms with van der Waals surface area (Å²) in [6.45, 7) is 14.5. The predicted molar refractivity (Wildman–Crippen MR) is 87.0 cm³/mol. The molecule has 1 aromatic rings. The van der Waals surface area contributed by atoms with E-state index in [1.165, 1.54) is 5.57 Å². The van der Waals surface area contributed by atoms with Gasteiger partial charge < -0.3 is 14.4 Å². The zero-order chi connectivity index (χ0) is 15.0. The SMILES string of the molecule is C=C(C)CN1C(=C)C(CC)=Cc2cc3c(cc21)OCCO3. The molecule has 3 heteroatoms. The van der Waals surface area contributed by atoms with Crippen LogP contribution in [-0.2, 0) is 0 Å². The van der Waals surface area contributed by atoms with Crippen LogP contribution in [0.1, 0.15) is 25.8 Å². The van der Waals surface area contributed by atoms with Crippen molar-refractivity contribution in [2.75, 3.05) is 24.7 Å². The van der Waals surface area contributed by atoms with Gasteiger partial charge >= 0.3 is 0 Å². The summed E-state index contributed by atoms with van der Waals surface area (Å²) in [6.07, 6.45) is 3.16. The van der Waals surface area contributed by atoms with Gasteiger partial charge in [0.1, 0.15) is 13.2 Å². The van der Waals surface area contributed by atoms with E-state index in [2.05, 4.69) is 43.2 Å². The van der Waals surface area contributed by atoms with Crippen LogP contribution in [0.3, 0.4) is 0 Å². The van der Waals surface area contributed by atoms with E-state index in [1.807, 2.05) is 6.92 Å². The van der Waals surface area contributed by atoms with Gasteiger partial charge in [-0.1, -0.05) is 25.7 Å². The zero-order valence-electron chi connectivity index (χ0n) is 12.7. The molecule has 2 aliphatic heterocycles. The van der Waals surface area contributed by atoms with Gasteiger partial charge in [0.25, 0.3) is 0 Å². The minimum Gasteiger partial charge on any atom is -0.486 e. The number of ether oxygens (including phenoxy) is 2. The lowest BCUT2D eigenvalue weighted by molar-refractivity contribution is 0.171. The first-order chi connectivity index (χ1) is 10.1. The van der Waals surface area contributed by atoms with Gasteiger partial charge in [-0.3, -0.25) is 0 Å². The number of benzene rings is 1. The summed E-state index contributed by atoms with van der Waals surface area (Å²) < 4.78 is 11.4. The van der Waals surface area contributed by atoms with Gasteiger partial charge in [-0.05, 0) is 31.1 Å². The first kappa shape index (κ1) is 13.8. The summed E-state index contributed by atoms with van der Waals surface area (Å²) >= 11 is 0. The normalized spacial score (nSPS) is 16.4. The van der Waals surface area contributed by atoms with Crippen molar-refractivity contribution in [3.05, 3.63) is 47.7 Å². The monoisotopic (exact) mass is 283 g/mol. The average molecular weight is 283 g/mol. The number of fused-ring (bicyclic) bond motifs is 2. The van der Waals surface area contributed by atoms with Gasteiger partial charge in [-0.2, -0.15) is 0 Å². The molecule has 110 valence electrons. The fraction of sp³-hybridized carbons (Fsp3) is 0.333. The Morgan fingerprint density at radius 2 is 1.90 bits per heavy atom. The Balaban J connectivity index is 2.12. The van der Waals surface area contributed by atoms with Gasteiger partial charge in [0.2, 0.25) is 0 Å². The van der Waals surface area contributed by atoms with E-state index >= 15 is 0 Å². The third-order valence-corrected chi connectivity index (χ3v) is 3.82. The molecule has 0 aromatic heterocycles. The Bertz CT molecular complexity index is 643. The summed E-state index contributed by atoms with van der Waals surface area (Å²) in [5.74, 6) is 1.64. The highest BCUT2D eigenvalue weighted by Crippen LogP contribution is 2.43. The van der Waals surface area contributed by atoms with Crippen LogP contribution in [0.5, 0.6) is 11.5 Å². The van der Waals surface area contributed by atoms with Crippen LogP contribution in [0.4, 0.5) is 5.69 Å². The van der Waals surface area contributed by atoms with E-state index in [-0.39, 0.29) is 0 Å². The summed E-state index contributed by atoms with van der Waals surface area (Å²) in [4.78, 5) is 2.22. The molecule has 0 unspecified atom stereocenters. The molecule has 0 atom stereocenters. The van der Waals surface area contributed by atoms with Crippen molar-refractivity contribution in [3.8, 4) is 11.5 Å². The lowest BCUT2D eigenvalue weighted by Crippen LogP contribution is -2.28. The maximum absolute atomic E-state index is 5.71. The van der Waals surface area contributed by atoms with Crippen LogP contribution in [-0.4, -0.2) is 19.8 Å². The lowest BCUT2D eigenvalue weighted by Gasteiger charge is -2.34. The molecule has 0 N–H and O–H groups in total. The molecule has 0 fully saturated rings. The molecule has 3 nitrogen and oxygen atoms in total. The summed E-state index contributed by atoms with van der Waals surface area (Å²) in [5.41, 5.74) is 5.67. The largest absolute Gasteiger partial charge is 0.486 e. The minimum atomic E-state index is 0.600. The first-order valence-corrected chi connectivity index (χ1v) is 7.35. The van der Waals surface area contributed by atoms with E-state index in [4.69, 9.17) is 9.47 Å². The molecule has 21 heavy (non-hydrogen) atoms. The highest BCUT2D eigenvalue weighted by molar-refractivity contribution is 5.82. The predicted octanol–water partition coefficient (Wildman–Crippen LogP) is 4.16. The second kappa shape index (κ2) is 5.32. The van der Waals surface area contributed by atoms with E-state index in [1.54, 1.807) is 0 Å². The maximum atomic E-state index is 5.71. The van der Waals surface area contributed by atoms with E-state index in [0.29, 0.717) is 13.2 Å². The highest BCUT2D eigenvalue weighted by atomic mass is 16.6. The van der Waals surface area contributed by atoms with Crippen molar-refractivity contribution in [1.29, 1.82) is 0 Å². The quantitative estimate of drug-likeness (QED) is 0.777. The van der Waals surface area contributed by atoms with Crippen molar-refractivity contribution in [1.82, 2.24) is 0 Å². The molecular formula is C18H21NO2. The molecule has 0 bridgehead atoms. The standard InChI is InChI=1S/C18H21NO2/c1-5-14-8-15-9-17-18(21-7-6-20-17)10-16(15)19(13(14)4)11-12(2)3/h8-10H,2,4-7,11H2,1,3H3. The Hall–Kier alpha value is -2.16. The van der Waals surface area contributed by atoms with Gasteiger partial charge in [0.15, 0.2) is 11.5 Å². The second-order valence-corrected chi connectivity index (χ2v) is 5.57. The molecule has 2 heterocycles. The zero-order valence-corrected chi connectivity index (χ0v) is 12.7. The van der Waals surface area contributed by atoms with E-state index in [0.717, 1.165) is 47.0 Å². The van der Waals surface area contributed by atoms with Crippen LogP contribution in [0.15, 0.2) is 42.1 Å². The third kappa shape index (κ3) is 2.44. The van der Waals surface area contributed by atoms with Crippen LogP contribution >= 0.6 is 0 Å². The Labute approximate surface area is 126 Å². The number of hydrogen-bond acceptors (Lipinski definition) is 3. The molecule has 1 aromatic carbocycles. The summed E-state index contributed by atoms with van der Waals surface area (Å²) in [7, 11) is 0. The smallest absolute Gasteiger partial charge is 0.163 e. The number of rotatable bonds is 3. The first-order valence-electron chi connectivity index (χ1n) is 7.35. The van der Waals surface area contributed by atoms with Crippen molar-refractivity contribution < 1.29 is 9.47 Å².